The van der Waals surface area contributed by atoms with Gasteiger partial charge in [-0.3, -0.25) is 4.79 Å². The lowest BCUT2D eigenvalue weighted by Crippen LogP contribution is -2.30. The highest BCUT2D eigenvalue weighted by Crippen LogP contribution is 2.23. The quantitative estimate of drug-likeness (QED) is 0.246. The average molecular weight is 558 g/mol. The number of rotatable bonds is 10. The average Bonchev–Trinajstić information content (AvgIpc) is 3.23. The lowest BCUT2D eigenvalue weighted by molar-refractivity contribution is 0.0996. The molecule has 0 radical (unpaired) electrons. The van der Waals surface area contributed by atoms with Crippen LogP contribution in [0.2, 0.25) is 5.02 Å². The molecule has 3 aromatic carbocycles. The first-order valence-electron chi connectivity index (χ1n) is 11.9. The minimum Gasteiger partial charge on any atom is -0.380 e. The molecule has 0 saturated carbocycles. The van der Waals surface area contributed by atoms with Gasteiger partial charge >= 0.3 is 0 Å². The highest BCUT2D eigenvalue weighted by Gasteiger charge is 2.23. The summed E-state index contributed by atoms with van der Waals surface area (Å²) >= 11 is 7.53. The van der Waals surface area contributed by atoms with E-state index in [1.54, 1.807) is 13.0 Å². The number of hydrogen-bond acceptors (Lipinski definition) is 5. The summed E-state index contributed by atoms with van der Waals surface area (Å²) < 4.78 is 36.2. The van der Waals surface area contributed by atoms with Gasteiger partial charge in [-0.25, -0.2) is 8.42 Å². The summed E-state index contributed by atoms with van der Waals surface area (Å²) in [5.41, 5.74) is 2.12. The zero-order valence-corrected chi connectivity index (χ0v) is 23.0. The summed E-state index contributed by atoms with van der Waals surface area (Å²) in [5.74, 6) is -0.455. The topological polar surface area (TPSA) is 81.0 Å². The van der Waals surface area contributed by atoms with E-state index in [0.29, 0.717) is 41.7 Å². The molecule has 7 nitrogen and oxygen atoms in total. The third-order valence-corrected chi connectivity index (χ3v) is 9.01. The Morgan fingerprint density at radius 1 is 1.05 bits per heavy atom. The Morgan fingerprint density at radius 2 is 1.78 bits per heavy atom. The monoisotopic (exact) mass is 557 g/mol. The number of halogens is 1. The molecule has 10 heteroatoms. The standard InChI is InChI=1S/C27H28ClN3O4S2/c1-3-30(19-20-8-6-5-7-9-20)37(33,34)23-13-10-21(11-14-23)26(32)29-27-31(16-17-35-4-2)24-15-12-22(28)18-25(24)36-27/h5-15,18H,3-4,16-17,19H2,1-2H3. The third kappa shape index (κ3) is 6.37. The van der Waals surface area contributed by atoms with Gasteiger partial charge in [0.05, 0.1) is 21.7 Å². The summed E-state index contributed by atoms with van der Waals surface area (Å²) in [6.45, 7) is 5.93. The molecule has 0 aliphatic rings. The van der Waals surface area contributed by atoms with Crippen molar-refractivity contribution in [2.24, 2.45) is 4.99 Å². The first kappa shape index (κ1) is 27.2. The van der Waals surface area contributed by atoms with Gasteiger partial charge < -0.3 is 9.30 Å². The molecule has 0 N–H and O–H groups in total. The summed E-state index contributed by atoms with van der Waals surface area (Å²) in [4.78, 5) is 18.1. The maximum absolute atomic E-state index is 13.2. The van der Waals surface area contributed by atoms with Gasteiger partial charge in [-0.15, -0.1) is 0 Å². The molecule has 0 aliphatic carbocycles. The Bertz CT molecular complexity index is 1550. The van der Waals surface area contributed by atoms with E-state index in [9.17, 15) is 13.2 Å². The maximum atomic E-state index is 13.2. The van der Waals surface area contributed by atoms with Crippen LogP contribution in [0.3, 0.4) is 0 Å². The summed E-state index contributed by atoms with van der Waals surface area (Å²) in [7, 11) is -3.73. The van der Waals surface area contributed by atoms with Crippen molar-refractivity contribution < 1.29 is 17.9 Å². The Balaban J connectivity index is 1.61. The van der Waals surface area contributed by atoms with E-state index in [4.69, 9.17) is 16.3 Å². The fourth-order valence-electron chi connectivity index (χ4n) is 3.87. The highest BCUT2D eigenvalue weighted by molar-refractivity contribution is 7.89. The first-order chi connectivity index (χ1) is 17.8. The van der Waals surface area contributed by atoms with E-state index in [0.717, 1.165) is 15.8 Å². The Kier molecular flexibility index (Phi) is 8.94. The molecule has 0 aliphatic heterocycles. The number of carbonyl (C=O) groups is 1. The van der Waals surface area contributed by atoms with Crippen molar-refractivity contribution in [3.63, 3.8) is 0 Å². The number of ether oxygens (including phenoxy) is 1. The van der Waals surface area contributed by atoms with Crippen LogP contribution in [0.1, 0.15) is 29.8 Å². The van der Waals surface area contributed by atoms with Crippen molar-refractivity contribution in [2.45, 2.75) is 31.8 Å². The maximum Gasteiger partial charge on any atom is 0.279 e. The van der Waals surface area contributed by atoms with Gasteiger partial charge in [0, 0.05) is 36.8 Å². The van der Waals surface area contributed by atoms with Crippen molar-refractivity contribution in [3.05, 3.63) is 93.7 Å². The zero-order valence-electron chi connectivity index (χ0n) is 20.6. The Hall–Kier alpha value is -2.82. The van der Waals surface area contributed by atoms with Crippen LogP contribution in [-0.4, -0.2) is 43.0 Å². The number of benzene rings is 3. The fraction of sp³-hybridized carbons (Fsp3) is 0.259. The molecule has 4 aromatic rings. The van der Waals surface area contributed by atoms with Gasteiger partial charge in [0.2, 0.25) is 10.0 Å². The van der Waals surface area contributed by atoms with Crippen LogP contribution in [-0.2, 0) is 27.8 Å². The number of thiazole rings is 1. The molecule has 1 amide bonds. The van der Waals surface area contributed by atoms with Gasteiger partial charge in [-0.1, -0.05) is 60.2 Å². The van der Waals surface area contributed by atoms with Gasteiger partial charge in [0.25, 0.3) is 5.91 Å². The molecule has 0 fully saturated rings. The van der Waals surface area contributed by atoms with Crippen LogP contribution in [0.15, 0.2) is 82.7 Å². The molecular weight excluding hydrogens is 530 g/mol. The van der Waals surface area contributed by atoms with Gasteiger partial charge in [0.1, 0.15) is 0 Å². The molecule has 1 aromatic heterocycles. The van der Waals surface area contributed by atoms with E-state index in [1.807, 2.05) is 54.0 Å². The Labute approximate surface area is 225 Å². The predicted molar refractivity (Wildman–Crippen MR) is 147 cm³/mol. The van der Waals surface area contributed by atoms with Crippen molar-refractivity contribution in [3.8, 4) is 0 Å². The SMILES string of the molecule is CCOCCn1c(=NC(=O)c2ccc(S(=O)(=O)N(CC)Cc3ccccc3)cc2)sc2cc(Cl)ccc21. The van der Waals surface area contributed by atoms with Gasteiger partial charge in [-0.05, 0) is 55.0 Å². The number of fused-ring (bicyclic) bond motifs is 1. The molecule has 0 saturated heterocycles. The molecule has 0 atom stereocenters. The first-order valence-corrected chi connectivity index (χ1v) is 14.6. The molecule has 4 rings (SSSR count). The van der Waals surface area contributed by atoms with E-state index in [-0.39, 0.29) is 11.4 Å². The van der Waals surface area contributed by atoms with Crippen molar-refractivity contribution in [1.29, 1.82) is 0 Å². The van der Waals surface area contributed by atoms with Crippen LogP contribution >= 0.6 is 22.9 Å². The minimum absolute atomic E-state index is 0.130. The zero-order chi connectivity index (χ0) is 26.4. The second-order valence-electron chi connectivity index (χ2n) is 8.20. The molecular formula is C27H28ClN3O4S2. The smallest absolute Gasteiger partial charge is 0.279 e. The molecule has 194 valence electrons. The highest BCUT2D eigenvalue weighted by atomic mass is 35.5. The molecule has 37 heavy (non-hydrogen) atoms. The number of aromatic nitrogens is 1. The van der Waals surface area contributed by atoms with Crippen molar-refractivity contribution in [1.82, 2.24) is 8.87 Å². The number of amides is 1. The van der Waals surface area contributed by atoms with E-state index < -0.39 is 15.9 Å². The lowest BCUT2D eigenvalue weighted by atomic mass is 10.2. The molecule has 0 unspecified atom stereocenters. The number of carbonyl (C=O) groups excluding carboxylic acids is 1. The second kappa shape index (κ2) is 12.1. The lowest BCUT2D eigenvalue weighted by Gasteiger charge is -2.20. The molecule has 0 bridgehead atoms. The summed E-state index contributed by atoms with van der Waals surface area (Å²) in [6, 6.07) is 20.9. The third-order valence-electron chi connectivity index (χ3n) is 5.80. The largest absolute Gasteiger partial charge is 0.380 e. The van der Waals surface area contributed by atoms with Crippen LogP contribution < -0.4 is 4.80 Å². The summed E-state index contributed by atoms with van der Waals surface area (Å²) in [5, 5.41) is 0.605. The van der Waals surface area contributed by atoms with E-state index in [2.05, 4.69) is 4.99 Å². The van der Waals surface area contributed by atoms with Crippen molar-refractivity contribution >= 4 is 49.1 Å². The number of nitrogens with zero attached hydrogens (tertiary/aromatic N) is 3. The Morgan fingerprint density at radius 3 is 2.46 bits per heavy atom. The molecule has 0 spiro atoms. The molecule has 1 heterocycles. The minimum atomic E-state index is -3.73. The van der Waals surface area contributed by atoms with Crippen LogP contribution in [0.4, 0.5) is 0 Å². The van der Waals surface area contributed by atoms with Gasteiger partial charge in [-0.2, -0.15) is 9.30 Å². The van der Waals surface area contributed by atoms with Crippen LogP contribution in [0, 0.1) is 0 Å². The van der Waals surface area contributed by atoms with E-state index in [1.165, 1.54) is 39.9 Å². The summed E-state index contributed by atoms with van der Waals surface area (Å²) in [6.07, 6.45) is 0. The fourth-order valence-corrected chi connectivity index (χ4v) is 6.64. The predicted octanol–water partition coefficient (Wildman–Crippen LogP) is 5.34. The van der Waals surface area contributed by atoms with Crippen molar-refractivity contribution in [2.75, 3.05) is 19.8 Å². The normalized spacial score (nSPS) is 12.5. The van der Waals surface area contributed by atoms with Gasteiger partial charge in [0.15, 0.2) is 4.80 Å². The second-order valence-corrected chi connectivity index (χ2v) is 11.6. The number of sulfonamides is 1. The number of hydrogen-bond donors (Lipinski definition) is 0. The van der Waals surface area contributed by atoms with Crippen LogP contribution in [0.5, 0.6) is 0 Å². The van der Waals surface area contributed by atoms with E-state index >= 15 is 0 Å². The van der Waals surface area contributed by atoms with Crippen LogP contribution in [0.25, 0.3) is 10.2 Å².